The van der Waals surface area contributed by atoms with Crippen molar-refractivity contribution in [3.63, 3.8) is 0 Å². The second-order valence-corrected chi connectivity index (χ2v) is 9.87. The zero-order chi connectivity index (χ0) is 22.5. The third-order valence-electron chi connectivity index (χ3n) is 6.17. The van der Waals surface area contributed by atoms with Gasteiger partial charge in [-0.3, -0.25) is 0 Å². The van der Waals surface area contributed by atoms with Crippen LogP contribution in [-0.2, 0) is 0 Å². The number of unbranched alkanes of at least 4 members (excludes halogenated alkanes) is 21. The molecule has 184 valence electrons. The van der Waals surface area contributed by atoms with E-state index in [0.717, 1.165) is 0 Å². The van der Waals surface area contributed by atoms with Crippen LogP contribution in [0, 0.1) is 0 Å². The summed E-state index contributed by atoms with van der Waals surface area (Å²) in [6.07, 6.45) is 33.5. The molecule has 0 bridgehead atoms. The lowest BCUT2D eigenvalue weighted by atomic mass is 10.0. The smallest absolute Gasteiger partial charge is 0.00248 e. The van der Waals surface area contributed by atoms with E-state index >= 15 is 0 Å². The molecule has 0 spiro atoms. The average molecular weight is 426 g/mol. The van der Waals surface area contributed by atoms with Gasteiger partial charge in [0.05, 0.1) is 0 Å². The Labute approximate surface area is 194 Å². The second-order valence-electron chi connectivity index (χ2n) is 9.87. The van der Waals surface area contributed by atoms with Gasteiger partial charge in [-0.05, 0) is 27.1 Å². The van der Waals surface area contributed by atoms with Crippen molar-refractivity contribution in [2.24, 2.45) is 0 Å². The largest absolute Gasteiger partial charge is 0.309 e. The van der Waals surface area contributed by atoms with Crippen LogP contribution in [0.15, 0.2) is 0 Å². The minimum absolute atomic E-state index is 1.24. The van der Waals surface area contributed by atoms with Gasteiger partial charge in [-0.1, -0.05) is 162 Å². The lowest BCUT2D eigenvalue weighted by Gasteiger charge is -2.06. The topological polar surface area (TPSA) is 3.24 Å². The molecule has 0 aliphatic heterocycles. The van der Waals surface area contributed by atoms with Crippen LogP contribution in [0.1, 0.15) is 168 Å². The minimum atomic E-state index is 1.24. The van der Waals surface area contributed by atoms with Crippen molar-refractivity contribution in [2.75, 3.05) is 20.6 Å². The van der Waals surface area contributed by atoms with Gasteiger partial charge in [0.15, 0.2) is 0 Å². The molecule has 30 heavy (non-hydrogen) atoms. The maximum Gasteiger partial charge on any atom is -0.00248 e. The highest BCUT2D eigenvalue weighted by Gasteiger charge is 1.95. The molecule has 1 nitrogen and oxygen atoms in total. The van der Waals surface area contributed by atoms with Gasteiger partial charge in [-0.2, -0.15) is 0 Å². The van der Waals surface area contributed by atoms with E-state index in [4.69, 9.17) is 0 Å². The monoisotopic (exact) mass is 425 g/mol. The number of hydrogen-bond donors (Lipinski definition) is 0. The summed E-state index contributed by atoms with van der Waals surface area (Å²) in [6, 6.07) is 0. The number of rotatable bonds is 23. The molecule has 0 atom stereocenters. The van der Waals surface area contributed by atoms with Crippen molar-refractivity contribution in [3.05, 3.63) is 0 Å². The fraction of sp³-hybridized carbons (Fsp3) is 1.00. The van der Waals surface area contributed by atoms with Crippen LogP contribution in [0.2, 0.25) is 0 Å². The number of nitrogens with zero attached hydrogens (tertiary/aromatic N) is 1. The summed E-state index contributed by atoms with van der Waals surface area (Å²) < 4.78 is 0. The molecule has 0 amide bonds. The predicted octanol–water partition coefficient (Wildman–Crippen LogP) is 10.6. The summed E-state index contributed by atoms with van der Waals surface area (Å²) in [5.41, 5.74) is 0. The molecule has 0 aliphatic carbocycles. The first-order valence-corrected chi connectivity index (χ1v) is 14.3. The first-order chi connectivity index (χ1) is 14.7. The maximum absolute atomic E-state index is 2.30. The molecule has 0 saturated heterocycles. The molecule has 0 heterocycles. The van der Waals surface area contributed by atoms with Crippen molar-refractivity contribution in [3.8, 4) is 0 Å². The van der Waals surface area contributed by atoms with E-state index in [1.165, 1.54) is 154 Å². The summed E-state index contributed by atoms with van der Waals surface area (Å²) in [4.78, 5) is 2.23. The quantitative estimate of drug-likeness (QED) is 0.147. The van der Waals surface area contributed by atoms with Gasteiger partial charge in [-0.15, -0.1) is 0 Å². The van der Waals surface area contributed by atoms with Gasteiger partial charge in [0, 0.05) is 0 Å². The molecule has 0 saturated carbocycles. The minimum Gasteiger partial charge on any atom is -0.309 e. The van der Waals surface area contributed by atoms with Crippen LogP contribution in [0.3, 0.4) is 0 Å². The van der Waals surface area contributed by atoms with Crippen molar-refractivity contribution >= 4 is 0 Å². The van der Waals surface area contributed by atoms with E-state index in [0.29, 0.717) is 0 Å². The standard InChI is InChI=1S/C22H46.C7H17N/c1-3-5-7-9-11-13-15-17-19-21-22-20-18-16-14-12-10-8-6-4-2;1-4-5-6-7-8(2)3/h3-22H2,1-2H3;4-7H2,1-3H3. The third kappa shape index (κ3) is 35.4. The van der Waals surface area contributed by atoms with Crippen LogP contribution in [0.25, 0.3) is 0 Å². The summed E-state index contributed by atoms with van der Waals surface area (Å²) in [5, 5.41) is 0. The van der Waals surface area contributed by atoms with Crippen molar-refractivity contribution < 1.29 is 0 Å². The van der Waals surface area contributed by atoms with Crippen molar-refractivity contribution in [1.29, 1.82) is 0 Å². The zero-order valence-electron chi connectivity index (χ0n) is 22.4. The van der Waals surface area contributed by atoms with Crippen LogP contribution in [0.4, 0.5) is 0 Å². The van der Waals surface area contributed by atoms with E-state index in [1.54, 1.807) is 0 Å². The lowest BCUT2D eigenvalue weighted by molar-refractivity contribution is 0.393. The highest BCUT2D eigenvalue weighted by Crippen LogP contribution is 2.14. The van der Waals surface area contributed by atoms with Gasteiger partial charge >= 0.3 is 0 Å². The summed E-state index contributed by atoms with van der Waals surface area (Å²) in [6.45, 7) is 8.07. The zero-order valence-corrected chi connectivity index (χ0v) is 22.4. The molecule has 0 aromatic rings. The molecule has 0 N–H and O–H groups in total. The van der Waals surface area contributed by atoms with E-state index in [-0.39, 0.29) is 0 Å². The Hall–Kier alpha value is -0.0400. The summed E-state index contributed by atoms with van der Waals surface area (Å²) in [7, 11) is 4.24. The second kappa shape index (κ2) is 31.1. The Morgan fingerprint density at radius 3 is 0.700 bits per heavy atom. The maximum atomic E-state index is 2.30. The van der Waals surface area contributed by atoms with E-state index in [1.807, 2.05) is 0 Å². The Kier molecular flexibility index (Phi) is 33.4. The molecule has 0 rings (SSSR count). The van der Waals surface area contributed by atoms with E-state index < -0.39 is 0 Å². The lowest BCUT2D eigenvalue weighted by Crippen LogP contribution is -2.12. The van der Waals surface area contributed by atoms with Gasteiger partial charge < -0.3 is 4.90 Å². The molecule has 0 unspecified atom stereocenters. The molecule has 0 aromatic heterocycles. The fourth-order valence-electron chi connectivity index (χ4n) is 4.01. The highest BCUT2D eigenvalue weighted by atomic mass is 15.0. The molecular weight excluding hydrogens is 362 g/mol. The van der Waals surface area contributed by atoms with Gasteiger partial charge in [0.25, 0.3) is 0 Å². The summed E-state index contributed by atoms with van der Waals surface area (Å²) >= 11 is 0. The molecule has 0 aromatic carbocycles. The van der Waals surface area contributed by atoms with Crippen LogP contribution in [0.5, 0.6) is 0 Å². The molecule has 0 radical (unpaired) electrons. The Balaban J connectivity index is 0. The van der Waals surface area contributed by atoms with E-state index in [9.17, 15) is 0 Å². The predicted molar refractivity (Wildman–Crippen MR) is 142 cm³/mol. The van der Waals surface area contributed by atoms with Crippen molar-refractivity contribution in [1.82, 2.24) is 4.90 Å². The Bertz CT molecular complexity index is 241. The third-order valence-corrected chi connectivity index (χ3v) is 6.17. The molecule has 0 aliphatic rings. The fourth-order valence-corrected chi connectivity index (χ4v) is 4.01. The van der Waals surface area contributed by atoms with Gasteiger partial charge in [0.2, 0.25) is 0 Å². The SMILES string of the molecule is CCCCCCCCCCCCCCCCCCCCCC.CCCCCN(C)C. The average Bonchev–Trinajstić information content (AvgIpc) is 2.73. The van der Waals surface area contributed by atoms with Crippen LogP contribution < -0.4 is 0 Å². The first kappa shape index (κ1) is 32.1. The van der Waals surface area contributed by atoms with Crippen LogP contribution in [-0.4, -0.2) is 25.5 Å². The van der Waals surface area contributed by atoms with Gasteiger partial charge in [0.1, 0.15) is 0 Å². The van der Waals surface area contributed by atoms with Crippen LogP contribution >= 0.6 is 0 Å². The van der Waals surface area contributed by atoms with Crippen molar-refractivity contribution in [2.45, 2.75) is 168 Å². The molecular formula is C29H63N. The Morgan fingerprint density at radius 1 is 0.300 bits per heavy atom. The number of hydrogen-bond acceptors (Lipinski definition) is 1. The normalized spacial score (nSPS) is 11.0. The van der Waals surface area contributed by atoms with E-state index in [2.05, 4.69) is 39.8 Å². The van der Waals surface area contributed by atoms with Gasteiger partial charge in [-0.25, -0.2) is 0 Å². The molecule has 1 heteroatoms. The Morgan fingerprint density at radius 2 is 0.500 bits per heavy atom. The summed E-state index contributed by atoms with van der Waals surface area (Å²) in [5.74, 6) is 0. The first-order valence-electron chi connectivity index (χ1n) is 14.3. The molecule has 0 fully saturated rings. The highest BCUT2D eigenvalue weighted by molar-refractivity contribution is 4.50.